The standard InChI is InChI=1S/C28H33N7O2/c1-17(2)28(36)35-14-21(15-35)34-9-6-19(7-10-34)24-11-25-26(18(3)31-24)37-16-23-22(5-8-29-27(23)32-25)20-12-30-33(4)13-20/h5,8,11-13,19,21H,1,6-7,9-10,14-16H2,2-4H3,(H,29,32). The van der Waals surface area contributed by atoms with Crippen LogP contribution in [0.2, 0.25) is 0 Å². The summed E-state index contributed by atoms with van der Waals surface area (Å²) in [5.41, 5.74) is 6.66. The lowest BCUT2D eigenvalue weighted by Crippen LogP contribution is -2.62. The van der Waals surface area contributed by atoms with Crippen LogP contribution in [0, 0.1) is 6.92 Å². The zero-order valence-corrected chi connectivity index (χ0v) is 21.7. The molecule has 192 valence electrons. The van der Waals surface area contributed by atoms with Crippen molar-refractivity contribution in [1.82, 2.24) is 29.5 Å². The van der Waals surface area contributed by atoms with Gasteiger partial charge in [0, 0.05) is 66.9 Å². The minimum atomic E-state index is 0.0779. The van der Waals surface area contributed by atoms with Crippen LogP contribution in [0.25, 0.3) is 11.1 Å². The Kier molecular flexibility index (Phi) is 5.95. The number of fused-ring (bicyclic) bond motifs is 2. The highest BCUT2D eigenvalue weighted by molar-refractivity contribution is 5.92. The van der Waals surface area contributed by atoms with Crippen molar-refractivity contribution in [2.75, 3.05) is 31.5 Å². The van der Waals surface area contributed by atoms with E-state index in [1.807, 2.05) is 43.5 Å². The first-order chi connectivity index (χ1) is 17.9. The fourth-order valence-corrected chi connectivity index (χ4v) is 5.70. The van der Waals surface area contributed by atoms with Gasteiger partial charge in [0.1, 0.15) is 12.4 Å². The maximum atomic E-state index is 12.1. The number of anilines is 2. The maximum absolute atomic E-state index is 12.1. The maximum Gasteiger partial charge on any atom is 0.249 e. The van der Waals surface area contributed by atoms with Crippen LogP contribution in [0.3, 0.4) is 0 Å². The molecule has 9 nitrogen and oxygen atoms in total. The van der Waals surface area contributed by atoms with Crippen molar-refractivity contribution in [1.29, 1.82) is 0 Å². The summed E-state index contributed by atoms with van der Waals surface area (Å²) in [6.45, 7) is 11.7. The van der Waals surface area contributed by atoms with Crippen molar-refractivity contribution >= 4 is 17.4 Å². The Labute approximate surface area is 217 Å². The lowest BCUT2D eigenvalue weighted by molar-refractivity contribution is -0.134. The third kappa shape index (κ3) is 4.37. The first kappa shape index (κ1) is 23.7. The smallest absolute Gasteiger partial charge is 0.249 e. The summed E-state index contributed by atoms with van der Waals surface area (Å²) >= 11 is 0. The predicted octanol–water partition coefficient (Wildman–Crippen LogP) is 3.79. The molecule has 3 aliphatic heterocycles. The van der Waals surface area contributed by atoms with E-state index in [0.29, 0.717) is 24.1 Å². The molecule has 1 N–H and O–H groups in total. The average molecular weight is 500 g/mol. The number of rotatable bonds is 4. The number of amides is 1. The Morgan fingerprint density at radius 3 is 2.73 bits per heavy atom. The van der Waals surface area contributed by atoms with Gasteiger partial charge in [0.15, 0.2) is 5.75 Å². The summed E-state index contributed by atoms with van der Waals surface area (Å²) in [6, 6.07) is 4.61. The molecule has 0 aliphatic carbocycles. The van der Waals surface area contributed by atoms with E-state index in [-0.39, 0.29) is 5.91 Å². The van der Waals surface area contributed by atoms with E-state index in [2.05, 4.69) is 32.9 Å². The van der Waals surface area contributed by atoms with Crippen LogP contribution in [-0.4, -0.2) is 67.7 Å². The number of aryl methyl sites for hydroxylation is 2. The number of piperidine rings is 1. The van der Waals surface area contributed by atoms with Gasteiger partial charge in [0.25, 0.3) is 0 Å². The molecule has 2 fully saturated rings. The van der Waals surface area contributed by atoms with Gasteiger partial charge in [0.2, 0.25) is 5.91 Å². The zero-order valence-electron chi connectivity index (χ0n) is 21.7. The predicted molar refractivity (Wildman–Crippen MR) is 142 cm³/mol. The first-order valence-corrected chi connectivity index (χ1v) is 12.9. The Morgan fingerprint density at radius 1 is 1.24 bits per heavy atom. The molecule has 1 amide bonds. The number of ether oxygens (including phenoxy) is 1. The molecule has 0 saturated carbocycles. The lowest BCUT2D eigenvalue weighted by Gasteiger charge is -2.47. The fraction of sp³-hybridized carbons (Fsp3) is 0.429. The summed E-state index contributed by atoms with van der Waals surface area (Å²) in [4.78, 5) is 26.1. The molecule has 0 unspecified atom stereocenters. The van der Waals surface area contributed by atoms with Crippen LogP contribution < -0.4 is 10.1 Å². The topological polar surface area (TPSA) is 88.4 Å². The summed E-state index contributed by atoms with van der Waals surface area (Å²) in [7, 11) is 1.92. The number of nitrogens with one attached hydrogen (secondary N) is 1. The molecule has 0 spiro atoms. The molecule has 0 bridgehead atoms. The molecule has 9 heteroatoms. The van der Waals surface area contributed by atoms with Gasteiger partial charge in [-0.05, 0) is 57.5 Å². The molecule has 2 saturated heterocycles. The minimum absolute atomic E-state index is 0.0779. The quantitative estimate of drug-likeness (QED) is 0.547. The van der Waals surface area contributed by atoms with Gasteiger partial charge in [-0.1, -0.05) is 6.58 Å². The van der Waals surface area contributed by atoms with Crippen LogP contribution in [-0.2, 0) is 18.4 Å². The van der Waals surface area contributed by atoms with E-state index in [1.54, 1.807) is 11.6 Å². The summed E-state index contributed by atoms with van der Waals surface area (Å²) in [5.74, 6) is 2.07. The van der Waals surface area contributed by atoms with Gasteiger partial charge in [-0.25, -0.2) is 4.98 Å². The van der Waals surface area contributed by atoms with Crippen LogP contribution in [0.1, 0.15) is 42.6 Å². The minimum Gasteiger partial charge on any atom is -0.485 e. The molecule has 3 aliphatic rings. The monoisotopic (exact) mass is 499 g/mol. The number of pyridine rings is 2. The van der Waals surface area contributed by atoms with Gasteiger partial charge in [0.05, 0.1) is 17.6 Å². The molecule has 0 radical (unpaired) electrons. The lowest BCUT2D eigenvalue weighted by atomic mass is 9.90. The van der Waals surface area contributed by atoms with Crippen LogP contribution >= 0.6 is 0 Å². The van der Waals surface area contributed by atoms with E-state index in [4.69, 9.17) is 9.72 Å². The normalized spacial score (nSPS) is 18.2. The molecule has 3 aromatic heterocycles. The Balaban J connectivity index is 1.17. The fourth-order valence-electron chi connectivity index (χ4n) is 5.70. The van der Waals surface area contributed by atoms with Gasteiger partial charge in [-0.15, -0.1) is 0 Å². The Morgan fingerprint density at radius 2 is 2.03 bits per heavy atom. The first-order valence-electron chi connectivity index (χ1n) is 12.9. The largest absolute Gasteiger partial charge is 0.485 e. The Bertz CT molecular complexity index is 1370. The molecule has 0 atom stereocenters. The summed E-state index contributed by atoms with van der Waals surface area (Å²) < 4.78 is 8.10. The van der Waals surface area contributed by atoms with Crippen molar-refractivity contribution in [2.24, 2.45) is 7.05 Å². The van der Waals surface area contributed by atoms with E-state index in [0.717, 1.165) is 84.4 Å². The molecule has 3 aromatic rings. The Hall–Kier alpha value is -3.72. The second-order valence-electron chi connectivity index (χ2n) is 10.5. The highest BCUT2D eigenvalue weighted by Crippen LogP contribution is 2.40. The highest BCUT2D eigenvalue weighted by Gasteiger charge is 2.37. The van der Waals surface area contributed by atoms with Crippen molar-refractivity contribution in [2.45, 2.75) is 45.3 Å². The summed E-state index contributed by atoms with van der Waals surface area (Å²) in [5, 5.41) is 7.88. The van der Waals surface area contributed by atoms with Crippen molar-refractivity contribution in [3.63, 3.8) is 0 Å². The number of carbonyl (C=O) groups excluding carboxylic acids is 1. The average Bonchev–Trinajstić information content (AvgIpc) is 3.19. The molecule has 6 rings (SSSR count). The molecule has 37 heavy (non-hydrogen) atoms. The van der Waals surface area contributed by atoms with Crippen molar-refractivity contribution < 1.29 is 9.53 Å². The molecule has 6 heterocycles. The van der Waals surface area contributed by atoms with Gasteiger partial charge in [-0.3, -0.25) is 19.4 Å². The second-order valence-corrected chi connectivity index (χ2v) is 10.5. The number of likely N-dealkylation sites (tertiary alicyclic amines) is 2. The highest BCUT2D eigenvalue weighted by atomic mass is 16.5. The van der Waals surface area contributed by atoms with Crippen molar-refractivity contribution in [3.8, 4) is 16.9 Å². The molecule has 0 aromatic carbocycles. The number of hydrogen-bond acceptors (Lipinski definition) is 7. The molecular weight excluding hydrogens is 466 g/mol. The van der Waals surface area contributed by atoms with Crippen molar-refractivity contribution in [3.05, 3.63) is 59.8 Å². The van der Waals surface area contributed by atoms with E-state index >= 15 is 0 Å². The zero-order chi connectivity index (χ0) is 25.7. The van der Waals surface area contributed by atoms with Crippen LogP contribution in [0.4, 0.5) is 11.5 Å². The van der Waals surface area contributed by atoms with Gasteiger partial charge in [-0.2, -0.15) is 5.10 Å². The van der Waals surface area contributed by atoms with Crippen LogP contribution in [0.15, 0.2) is 42.9 Å². The number of nitrogens with zero attached hydrogens (tertiary/aromatic N) is 6. The summed E-state index contributed by atoms with van der Waals surface area (Å²) in [6.07, 6.45) is 7.80. The third-order valence-corrected chi connectivity index (χ3v) is 7.83. The van der Waals surface area contributed by atoms with Crippen LogP contribution in [0.5, 0.6) is 5.75 Å². The third-order valence-electron chi connectivity index (χ3n) is 7.83. The number of carbonyl (C=O) groups is 1. The van der Waals surface area contributed by atoms with E-state index in [9.17, 15) is 4.79 Å². The SMILES string of the molecule is C=C(C)C(=O)N1CC(N2CCC(c3cc4c(c(C)n3)OCc3c(-c5cnn(C)c5)ccnc3N4)CC2)C1. The van der Waals surface area contributed by atoms with Gasteiger partial charge < -0.3 is 15.0 Å². The number of aromatic nitrogens is 4. The number of hydrogen-bond donors (Lipinski definition) is 1. The van der Waals surface area contributed by atoms with E-state index < -0.39 is 0 Å². The molecular formula is C28H33N7O2. The van der Waals surface area contributed by atoms with Gasteiger partial charge >= 0.3 is 0 Å². The second kappa shape index (κ2) is 9.30. The van der Waals surface area contributed by atoms with E-state index in [1.165, 1.54) is 0 Å².